The van der Waals surface area contributed by atoms with Crippen molar-refractivity contribution < 1.29 is 9.90 Å². The van der Waals surface area contributed by atoms with E-state index in [1.165, 1.54) is 5.01 Å². The first-order valence-electron chi connectivity index (χ1n) is 2.28. The molecule has 0 saturated carbocycles. The zero-order valence-corrected chi connectivity index (χ0v) is 5.33. The van der Waals surface area contributed by atoms with Gasteiger partial charge in [0.15, 0.2) is 0 Å². The van der Waals surface area contributed by atoms with Gasteiger partial charge in [-0.3, -0.25) is 0 Å². The van der Waals surface area contributed by atoms with Crippen molar-refractivity contribution in [3.05, 3.63) is 0 Å². The Morgan fingerprint density at radius 2 is 2.11 bits per heavy atom. The number of hydrogen-bond acceptors (Lipinski definition) is 3. The predicted octanol–water partition coefficient (Wildman–Crippen LogP) is -1.10. The number of rotatable bonds is 1. The first-order valence-corrected chi connectivity index (χ1v) is 2.28. The van der Waals surface area contributed by atoms with Crippen LogP contribution in [-0.2, 0) is 4.79 Å². The lowest BCUT2D eigenvalue weighted by atomic mass is 10.6. The molecule has 0 saturated heterocycles. The van der Waals surface area contributed by atoms with E-state index in [9.17, 15) is 4.79 Å². The fourth-order valence-corrected chi connectivity index (χ4v) is 0.258. The van der Waals surface area contributed by atoms with E-state index in [0.717, 1.165) is 0 Å². The van der Waals surface area contributed by atoms with E-state index >= 15 is 0 Å². The monoisotopic (exact) mass is 131 g/mol. The average Bonchev–Trinajstić information content (AvgIpc) is 1.63. The Balaban J connectivity index is 4.00. The molecule has 0 atom stereocenters. The summed E-state index contributed by atoms with van der Waals surface area (Å²) >= 11 is 0. The zero-order valence-electron chi connectivity index (χ0n) is 5.33. The van der Waals surface area contributed by atoms with E-state index in [4.69, 9.17) is 10.8 Å². The summed E-state index contributed by atoms with van der Waals surface area (Å²) in [4.78, 5) is 9.95. The van der Waals surface area contributed by atoms with Gasteiger partial charge in [-0.05, 0) is 0 Å². The molecular formula is C4H9N3O2. The molecule has 0 amide bonds. The third-order valence-corrected chi connectivity index (χ3v) is 0.527. The van der Waals surface area contributed by atoms with E-state index < -0.39 is 11.8 Å². The summed E-state index contributed by atoms with van der Waals surface area (Å²) in [5.74, 6) is -1.61. The molecule has 0 aromatic heterocycles. The van der Waals surface area contributed by atoms with Crippen LogP contribution in [0.3, 0.4) is 0 Å². The van der Waals surface area contributed by atoms with Crippen LogP contribution in [0, 0.1) is 0 Å². The highest BCUT2D eigenvalue weighted by molar-refractivity contribution is 6.33. The maximum absolute atomic E-state index is 9.95. The summed E-state index contributed by atoms with van der Waals surface area (Å²) in [6.07, 6.45) is 0. The molecule has 0 fully saturated rings. The number of amidine groups is 1. The van der Waals surface area contributed by atoms with Gasteiger partial charge in [-0.15, -0.1) is 0 Å². The van der Waals surface area contributed by atoms with Crippen molar-refractivity contribution in [2.45, 2.75) is 0 Å². The summed E-state index contributed by atoms with van der Waals surface area (Å²) in [5, 5.41) is 12.9. The lowest BCUT2D eigenvalue weighted by molar-refractivity contribution is -0.129. The Kier molecular flexibility index (Phi) is 2.50. The zero-order chi connectivity index (χ0) is 7.44. The topological polar surface area (TPSA) is 78.9 Å². The smallest absolute Gasteiger partial charge is 0.373 e. The minimum Gasteiger partial charge on any atom is -0.475 e. The highest BCUT2D eigenvalue weighted by Crippen LogP contribution is 1.74. The van der Waals surface area contributed by atoms with Crippen molar-refractivity contribution in [2.24, 2.45) is 10.8 Å². The second-order valence-corrected chi connectivity index (χ2v) is 1.64. The number of hydrazone groups is 1. The summed E-state index contributed by atoms with van der Waals surface area (Å²) in [7, 11) is 3.19. The third-order valence-electron chi connectivity index (χ3n) is 0.527. The van der Waals surface area contributed by atoms with Crippen molar-refractivity contribution in [1.29, 1.82) is 0 Å². The van der Waals surface area contributed by atoms with E-state index in [1.807, 2.05) is 0 Å². The fraction of sp³-hybridized carbons (Fsp3) is 0.500. The van der Waals surface area contributed by atoms with E-state index in [0.29, 0.717) is 0 Å². The van der Waals surface area contributed by atoms with Gasteiger partial charge in [0.05, 0.1) is 0 Å². The largest absolute Gasteiger partial charge is 0.475 e. The Labute approximate surface area is 52.8 Å². The van der Waals surface area contributed by atoms with Crippen LogP contribution in [0.4, 0.5) is 0 Å². The molecule has 0 aromatic carbocycles. The van der Waals surface area contributed by atoms with Gasteiger partial charge in [0.2, 0.25) is 5.84 Å². The van der Waals surface area contributed by atoms with Crippen molar-refractivity contribution in [1.82, 2.24) is 5.01 Å². The molecule has 0 heterocycles. The van der Waals surface area contributed by atoms with Gasteiger partial charge in [-0.1, -0.05) is 0 Å². The summed E-state index contributed by atoms with van der Waals surface area (Å²) in [5.41, 5.74) is 4.93. The van der Waals surface area contributed by atoms with E-state index in [-0.39, 0.29) is 0 Å². The van der Waals surface area contributed by atoms with Crippen LogP contribution in [0.25, 0.3) is 0 Å². The first kappa shape index (κ1) is 7.74. The normalized spacial score (nSPS) is 11.1. The quantitative estimate of drug-likeness (QED) is 0.269. The van der Waals surface area contributed by atoms with Crippen LogP contribution < -0.4 is 5.73 Å². The second kappa shape index (κ2) is 2.91. The van der Waals surface area contributed by atoms with Gasteiger partial charge < -0.3 is 15.8 Å². The van der Waals surface area contributed by atoms with Gasteiger partial charge in [-0.25, -0.2) is 4.79 Å². The number of carboxylic acid groups (broad SMARTS) is 1. The number of aliphatic carboxylic acids is 1. The summed E-state index contributed by atoms with van der Waals surface area (Å²) < 4.78 is 0. The number of hydrogen-bond donors (Lipinski definition) is 2. The maximum atomic E-state index is 9.95. The van der Waals surface area contributed by atoms with Crippen LogP contribution in [0.2, 0.25) is 0 Å². The van der Waals surface area contributed by atoms with Gasteiger partial charge in [0, 0.05) is 14.1 Å². The van der Waals surface area contributed by atoms with Crippen molar-refractivity contribution >= 4 is 11.8 Å². The highest BCUT2D eigenvalue weighted by Gasteiger charge is 2.01. The lowest BCUT2D eigenvalue weighted by Crippen LogP contribution is -2.25. The van der Waals surface area contributed by atoms with Crippen LogP contribution in [-0.4, -0.2) is 36.0 Å². The Morgan fingerprint density at radius 1 is 1.67 bits per heavy atom. The first-order chi connectivity index (χ1) is 4.04. The number of carboxylic acids is 1. The van der Waals surface area contributed by atoms with Gasteiger partial charge in [0.25, 0.3) is 0 Å². The molecule has 0 spiro atoms. The Morgan fingerprint density at radius 3 is 2.22 bits per heavy atom. The third kappa shape index (κ3) is 3.33. The molecule has 0 aliphatic carbocycles. The molecule has 52 valence electrons. The number of nitrogens with two attached hydrogens (primary N) is 1. The Hall–Kier alpha value is -1.26. The van der Waals surface area contributed by atoms with Crippen molar-refractivity contribution in [2.75, 3.05) is 14.1 Å². The molecule has 0 aliphatic heterocycles. The van der Waals surface area contributed by atoms with E-state index in [1.54, 1.807) is 14.1 Å². The van der Waals surface area contributed by atoms with Crippen LogP contribution in [0.15, 0.2) is 5.10 Å². The summed E-state index contributed by atoms with van der Waals surface area (Å²) in [6.45, 7) is 0. The standard InChI is InChI=1S/C4H9N3O2/c1-7(2)6-3(5)4(8)9/h1-2H3,(H2,5,6)(H,8,9). The SMILES string of the molecule is CN(C)N=C(N)C(=O)O. The second-order valence-electron chi connectivity index (χ2n) is 1.64. The highest BCUT2D eigenvalue weighted by atomic mass is 16.4. The molecule has 0 radical (unpaired) electrons. The number of carbonyl (C=O) groups is 1. The molecule has 5 nitrogen and oxygen atoms in total. The van der Waals surface area contributed by atoms with Crippen LogP contribution in [0.1, 0.15) is 0 Å². The van der Waals surface area contributed by atoms with Crippen molar-refractivity contribution in [3.8, 4) is 0 Å². The lowest BCUT2D eigenvalue weighted by Gasteiger charge is -2.02. The molecule has 0 aromatic rings. The fourth-order valence-electron chi connectivity index (χ4n) is 0.258. The minimum atomic E-state index is -1.20. The number of nitrogens with zero attached hydrogens (tertiary/aromatic N) is 2. The molecule has 3 N–H and O–H groups in total. The molecule has 0 unspecified atom stereocenters. The van der Waals surface area contributed by atoms with E-state index in [2.05, 4.69) is 5.10 Å². The maximum Gasteiger partial charge on any atom is 0.373 e. The minimum absolute atomic E-state index is 0.403. The van der Waals surface area contributed by atoms with Gasteiger partial charge in [-0.2, -0.15) is 5.10 Å². The molecule has 0 aliphatic rings. The molecule has 9 heavy (non-hydrogen) atoms. The summed E-state index contributed by atoms with van der Waals surface area (Å²) in [6, 6.07) is 0. The van der Waals surface area contributed by atoms with Crippen LogP contribution >= 0.6 is 0 Å². The molecular weight excluding hydrogens is 122 g/mol. The van der Waals surface area contributed by atoms with Crippen molar-refractivity contribution in [3.63, 3.8) is 0 Å². The molecule has 0 bridgehead atoms. The average molecular weight is 131 g/mol. The molecule has 0 rings (SSSR count). The molecule has 5 heteroatoms. The van der Waals surface area contributed by atoms with Crippen LogP contribution in [0.5, 0.6) is 0 Å². The predicted molar refractivity (Wildman–Crippen MR) is 32.9 cm³/mol. The Bertz CT molecular complexity index is 141. The van der Waals surface area contributed by atoms with Gasteiger partial charge >= 0.3 is 5.97 Å². The van der Waals surface area contributed by atoms with Gasteiger partial charge in [0.1, 0.15) is 0 Å².